The molecule has 6 nitrogen and oxygen atoms in total. The van der Waals surface area contributed by atoms with E-state index in [0.29, 0.717) is 25.6 Å². The van der Waals surface area contributed by atoms with Crippen LogP contribution in [0.1, 0.15) is 38.5 Å². The summed E-state index contributed by atoms with van der Waals surface area (Å²) < 4.78 is 0. The third kappa shape index (κ3) is 7.64. The molecule has 0 spiro atoms. The van der Waals surface area contributed by atoms with Crippen molar-refractivity contribution in [2.45, 2.75) is 44.6 Å². The summed E-state index contributed by atoms with van der Waals surface area (Å²) in [6.45, 7) is 0.671. The molecule has 1 saturated heterocycles. The van der Waals surface area contributed by atoms with Crippen molar-refractivity contribution < 1.29 is 30.1 Å². The summed E-state index contributed by atoms with van der Waals surface area (Å²) in [7, 11) is 0. The Bertz CT molecular complexity index is 165. The summed E-state index contributed by atoms with van der Waals surface area (Å²) >= 11 is 0. The maximum atomic E-state index is 9.43. The van der Waals surface area contributed by atoms with E-state index in [4.69, 9.17) is 14.9 Å². The average Bonchev–Trinajstić information content (AvgIpc) is 2.32. The second-order valence-electron chi connectivity index (χ2n) is 4.36. The molecule has 2 N–H and O–H groups in total. The lowest BCUT2D eigenvalue weighted by molar-refractivity contribution is -0.634. The van der Waals surface area contributed by atoms with E-state index in [1.165, 1.54) is 0 Å². The standard InChI is InChI=1S/C11H22O6/c12-9-11(13)8-10-4-2-1-3-6-14-16-17-15-7-5-10/h10-13H,1-9H2. The molecule has 0 radical (unpaired) electrons. The predicted octanol–water partition coefficient (Wildman–Crippen LogP) is 1.12. The first-order valence-corrected chi connectivity index (χ1v) is 6.19. The maximum absolute atomic E-state index is 9.43. The van der Waals surface area contributed by atoms with E-state index in [9.17, 15) is 5.11 Å². The molecule has 0 aromatic rings. The number of hydrogen-bond donors (Lipinski definition) is 2. The fourth-order valence-electron chi connectivity index (χ4n) is 1.93. The van der Waals surface area contributed by atoms with Gasteiger partial charge in [-0.15, -0.1) is 0 Å². The lowest BCUT2D eigenvalue weighted by Crippen LogP contribution is -2.19. The molecule has 0 amide bonds. The summed E-state index contributed by atoms with van der Waals surface area (Å²) in [4.78, 5) is 9.46. The molecular weight excluding hydrogens is 228 g/mol. The highest BCUT2D eigenvalue weighted by molar-refractivity contribution is 4.65. The lowest BCUT2D eigenvalue weighted by Gasteiger charge is -2.19. The molecular formula is C11H22O6. The lowest BCUT2D eigenvalue weighted by atomic mass is 9.92. The van der Waals surface area contributed by atoms with Crippen LogP contribution in [-0.2, 0) is 19.9 Å². The molecule has 0 saturated carbocycles. The first kappa shape index (κ1) is 14.8. The van der Waals surface area contributed by atoms with Crippen LogP contribution >= 0.6 is 0 Å². The molecule has 2 atom stereocenters. The van der Waals surface area contributed by atoms with Crippen LogP contribution in [0.3, 0.4) is 0 Å². The number of rotatable bonds is 3. The smallest absolute Gasteiger partial charge is 0.0857 e. The Morgan fingerprint density at radius 3 is 2.53 bits per heavy atom. The van der Waals surface area contributed by atoms with Crippen molar-refractivity contribution >= 4 is 0 Å². The van der Waals surface area contributed by atoms with Gasteiger partial charge < -0.3 is 10.2 Å². The summed E-state index contributed by atoms with van der Waals surface area (Å²) in [5.41, 5.74) is 0. The van der Waals surface area contributed by atoms with Crippen molar-refractivity contribution in [1.29, 1.82) is 0 Å². The molecule has 0 aliphatic carbocycles. The predicted molar refractivity (Wildman–Crippen MR) is 58.4 cm³/mol. The summed E-state index contributed by atoms with van der Waals surface area (Å²) in [5, 5.41) is 26.9. The van der Waals surface area contributed by atoms with Gasteiger partial charge in [-0.2, -0.15) is 0 Å². The molecule has 1 aliphatic rings. The fraction of sp³-hybridized carbons (Fsp3) is 1.00. The van der Waals surface area contributed by atoms with Crippen LogP contribution in [0.2, 0.25) is 0 Å². The zero-order valence-corrected chi connectivity index (χ0v) is 10.0. The van der Waals surface area contributed by atoms with E-state index >= 15 is 0 Å². The molecule has 6 heteroatoms. The molecule has 1 rings (SSSR count). The van der Waals surface area contributed by atoms with Crippen molar-refractivity contribution in [1.82, 2.24) is 0 Å². The van der Waals surface area contributed by atoms with Gasteiger partial charge in [0.1, 0.15) is 0 Å². The minimum atomic E-state index is -0.645. The van der Waals surface area contributed by atoms with Gasteiger partial charge in [-0.05, 0) is 35.3 Å². The first-order chi connectivity index (χ1) is 8.33. The summed E-state index contributed by atoms with van der Waals surface area (Å²) in [6.07, 6.45) is 4.76. The Balaban J connectivity index is 2.26. The average molecular weight is 250 g/mol. The molecule has 1 aliphatic heterocycles. The van der Waals surface area contributed by atoms with E-state index in [2.05, 4.69) is 10.1 Å². The minimum Gasteiger partial charge on any atom is -0.394 e. The van der Waals surface area contributed by atoms with Gasteiger partial charge in [0.05, 0.1) is 25.9 Å². The van der Waals surface area contributed by atoms with Gasteiger partial charge in [0, 0.05) is 0 Å². The van der Waals surface area contributed by atoms with E-state index in [1.54, 1.807) is 0 Å². The number of hydrogen-bond acceptors (Lipinski definition) is 6. The number of aliphatic hydroxyl groups is 2. The van der Waals surface area contributed by atoms with Crippen molar-refractivity contribution in [3.8, 4) is 0 Å². The SMILES string of the molecule is OCC(O)CC1CCCCCOOOOCC1. The monoisotopic (exact) mass is 250 g/mol. The highest BCUT2D eigenvalue weighted by Crippen LogP contribution is 2.20. The van der Waals surface area contributed by atoms with Crippen molar-refractivity contribution in [2.75, 3.05) is 19.8 Å². The maximum Gasteiger partial charge on any atom is 0.0857 e. The third-order valence-corrected chi connectivity index (χ3v) is 2.89. The molecule has 0 aromatic carbocycles. The van der Waals surface area contributed by atoms with Gasteiger partial charge in [0.2, 0.25) is 0 Å². The van der Waals surface area contributed by atoms with Crippen LogP contribution < -0.4 is 0 Å². The summed E-state index contributed by atoms with van der Waals surface area (Å²) in [6, 6.07) is 0. The Morgan fingerprint density at radius 2 is 1.76 bits per heavy atom. The van der Waals surface area contributed by atoms with Gasteiger partial charge in [-0.25, -0.2) is 9.78 Å². The minimum absolute atomic E-state index is 0.190. The van der Waals surface area contributed by atoms with E-state index in [1.807, 2.05) is 0 Å². The zero-order valence-electron chi connectivity index (χ0n) is 10.0. The Hall–Kier alpha value is -0.240. The van der Waals surface area contributed by atoms with Crippen molar-refractivity contribution in [3.05, 3.63) is 0 Å². The quantitative estimate of drug-likeness (QED) is 0.731. The van der Waals surface area contributed by atoms with E-state index < -0.39 is 6.10 Å². The van der Waals surface area contributed by atoms with Crippen molar-refractivity contribution in [2.24, 2.45) is 5.92 Å². The molecule has 102 valence electrons. The van der Waals surface area contributed by atoms with Crippen LogP contribution in [0.25, 0.3) is 0 Å². The van der Waals surface area contributed by atoms with Gasteiger partial charge in [0.25, 0.3) is 0 Å². The van der Waals surface area contributed by atoms with E-state index in [0.717, 1.165) is 32.1 Å². The highest BCUT2D eigenvalue weighted by atomic mass is 17.7. The molecule has 2 unspecified atom stereocenters. The van der Waals surface area contributed by atoms with Gasteiger partial charge in [0.15, 0.2) is 0 Å². The summed E-state index contributed by atoms with van der Waals surface area (Å²) in [5.74, 6) is 0.334. The van der Waals surface area contributed by atoms with Crippen LogP contribution in [0.15, 0.2) is 0 Å². The normalized spacial score (nSPS) is 26.8. The topological polar surface area (TPSA) is 77.4 Å². The second-order valence-corrected chi connectivity index (χ2v) is 4.36. The molecule has 1 fully saturated rings. The molecule has 0 bridgehead atoms. The first-order valence-electron chi connectivity index (χ1n) is 6.19. The molecule has 0 aromatic heterocycles. The Morgan fingerprint density at radius 1 is 1.00 bits per heavy atom. The van der Waals surface area contributed by atoms with Gasteiger partial charge in [-0.3, -0.25) is 0 Å². The molecule has 17 heavy (non-hydrogen) atoms. The largest absolute Gasteiger partial charge is 0.394 e. The van der Waals surface area contributed by atoms with Crippen LogP contribution in [0.5, 0.6) is 0 Å². The molecule has 1 heterocycles. The zero-order chi connectivity index (χ0) is 12.3. The number of aliphatic hydroxyl groups excluding tert-OH is 2. The Labute approximate surface area is 101 Å². The second kappa shape index (κ2) is 9.76. The van der Waals surface area contributed by atoms with Crippen LogP contribution in [-0.4, -0.2) is 36.1 Å². The highest BCUT2D eigenvalue weighted by Gasteiger charge is 2.14. The van der Waals surface area contributed by atoms with Crippen LogP contribution in [0.4, 0.5) is 0 Å². The van der Waals surface area contributed by atoms with Crippen molar-refractivity contribution in [3.63, 3.8) is 0 Å². The Kier molecular flexibility index (Phi) is 8.50. The van der Waals surface area contributed by atoms with Gasteiger partial charge in [-0.1, -0.05) is 19.3 Å². The third-order valence-electron chi connectivity index (χ3n) is 2.89. The van der Waals surface area contributed by atoms with Crippen LogP contribution in [0, 0.1) is 5.92 Å². The fourth-order valence-corrected chi connectivity index (χ4v) is 1.93. The van der Waals surface area contributed by atoms with E-state index in [-0.39, 0.29) is 6.61 Å². The van der Waals surface area contributed by atoms with Gasteiger partial charge >= 0.3 is 0 Å².